The lowest BCUT2D eigenvalue weighted by atomic mass is 10.1. The van der Waals surface area contributed by atoms with E-state index in [2.05, 4.69) is 11.8 Å². The zero-order chi connectivity index (χ0) is 14.4. The monoisotopic (exact) mass is 287 g/mol. The summed E-state index contributed by atoms with van der Waals surface area (Å²) in [7, 11) is 0. The molecule has 1 rings (SSSR count). The molecule has 0 aromatic carbocycles. The van der Waals surface area contributed by atoms with Crippen LogP contribution >= 0.6 is 12.2 Å². The molecule has 1 saturated heterocycles. The van der Waals surface area contributed by atoms with Crippen molar-refractivity contribution in [3.05, 3.63) is 0 Å². The summed E-state index contributed by atoms with van der Waals surface area (Å²) in [6.45, 7) is 10.2. The number of rotatable bonds is 6. The third-order valence-electron chi connectivity index (χ3n) is 3.63. The van der Waals surface area contributed by atoms with Gasteiger partial charge in [-0.3, -0.25) is 9.69 Å². The van der Waals surface area contributed by atoms with Gasteiger partial charge in [0.05, 0.1) is 24.2 Å². The number of hydrogen-bond acceptors (Lipinski definition) is 4. The normalized spacial score (nSPS) is 19.3. The van der Waals surface area contributed by atoms with Crippen LogP contribution in [-0.4, -0.2) is 66.1 Å². The van der Waals surface area contributed by atoms with Gasteiger partial charge in [0.2, 0.25) is 5.91 Å². The highest BCUT2D eigenvalue weighted by Crippen LogP contribution is 2.09. The first-order valence-corrected chi connectivity index (χ1v) is 7.28. The topological polar surface area (TPSA) is 58.8 Å². The number of hydrogen-bond donors (Lipinski definition) is 1. The minimum atomic E-state index is -0.139. The van der Waals surface area contributed by atoms with E-state index in [9.17, 15) is 4.79 Å². The second-order valence-electron chi connectivity index (χ2n) is 5.00. The fourth-order valence-corrected chi connectivity index (χ4v) is 2.28. The molecule has 2 N–H and O–H groups in total. The van der Waals surface area contributed by atoms with E-state index in [1.807, 2.05) is 18.7 Å². The maximum absolute atomic E-state index is 12.4. The van der Waals surface area contributed by atoms with Gasteiger partial charge >= 0.3 is 0 Å². The predicted molar refractivity (Wildman–Crippen MR) is 80.1 cm³/mol. The molecule has 0 spiro atoms. The van der Waals surface area contributed by atoms with Crippen molar-refractivity contribution in [2.24, 2.45) is 11.7 Å². The molecule has 0 aliphatic carbocycles. The van der Waals surface area contributed by atoms with Crippen molar-refractivity contribution >= 4 is 23.1 Å². The number of ether oxygens (including phenoxy) is 1. The number of carbonyl (C=O) groups excluding carboxylic acids is 1. The molecule has 110 valence electrons. The van der Waals surface area contributed by atoms with Gasteiger partial charge in [0, 0.05) is 25.6 Å². The van der Waals surface area contributed by atoms with Crippen LogP contribution in [0.3, 0.4) is 0 Å². The van der Waals surface area contributed by atoms with Crippen LogP contribution in [-0.2, 0) is 9.53 Å². The Morgan fingerprint density at radius 2 is 2.00 bits per heavy atom. The molecule has 1 aliphatic heterocycles. The minimum Gasteiger partial charge on any atom is -0.393 e. The second-order valence-corrected chi connectivity index (χ2v) is 5.48. The molecule has 2 atom stereocenters. The molecule has 0 aromatic heterocycles. The maximum Gasteiger partial charge on any atom is 0.239 e. The zero-order valence-electron chi connectivity index (χ0n) is 12.1. The van der Waals surface area contributed by atoms with E-state index in [0.717, 1.165) is 13.1 Å². The third kappa shape index (κ3) is 4.71. The van der Waals surface area contributed by atoms with Gasteiger partial charge in [-0.15, -0.1) is 0 Å². The van der Waals surface area contributed by atoms with Crippen LogP contribution < -0.4 is 5.73 Å². The smallest absolute Gasteiger partial charge is 0.239 e. The number of morpholine rings is 1. The molecule has 1 heterocycles. The van der Waals surface area contributed by atoms with Crippen LogP contribution in [0, 0.1) is 5.92 Å². The van der Waals surface area contributed by atoms with E-state index in [1.54, 1.807) is 0 Å². The van der Waals surface area contributed by atoms with Crippen LogP contribution in [0.15, 0.2) is 0 Å². The lowest BCUT2D eigenvalue weighted by Gasteiger charge is -2.34. The van der Waals surface area contributed by atoms with Crippen molar-refractivity contribution in [3.63, 3.8) is 0 Å². The standard InChI is InChI=1S/C13H25N3O2S/c1-4-15(9-10(2)12(14)19)11(3)13(17)16-5-7-18-8-6-16/h10-11H,4-9H2,1-3H3,(H2,14,19). The molecule has 0 bridgehead atoms. The van der Waals surface area contributed by atoms with Crippen molar-refractivity contribution < 1.29 is 9.53 Å². The summed E-state index contributed by atoms with van der Waals surface area (Å²) in [6.07, 6.45) is 0. The van der Waals surface area contributed by atoms with Crippen LogP contribution in [0.2, 0.25) is 0 Å². The highest BCUT2D eigenvalue weighted by Gasteiger charge is 2.27. The number of likely N-dealkylation sites (N-methyl/N-ethyl adjacent to an activating group) is 1. The average molecular weight is 287 g/mol. The lowest BCUT2D eigenvalue weighted by molar-refractivity contribution is -0.140. The first-order chi connectivity index (χ1) is 8.97. The van der Waals surface area contributed by atoms with Crippen molar-refractivity contribution in [3.8, 4) is 0 Å². The first kappa shape index (κ1) is 16.3. The number of thiocarbonyl (C=S) groups is 1. The number of carbonyl (C=O) groups is 1. The van der Waals surface area contributed by atoms with E-state index >= 15 is 0 Å². The molecule has 1 aliphatic rings. The van der Waals surface area contributed by atoms with E-state index in [4.69, 9.17) is 22.7 Å². The Hall–Kier alpha value is -0.720. The van der Waals surface area contributed by atoms with Crippen molar-refractivity contribution in [2.75, 3.05) is 39.4 Å². The van der Waals surface area contributed by atoms with E-state index in [-0.39, 0.29) is 17.9 Å². The first-order valence-electron chi connectivity index (χ1n) is 6.87. The van der Waals surface area contributed by atoms with E-state index < -0.39 is 0 Å². The van der Waals surface area contributed by atoms with E-state index in [1.165, 1.54) is 0 Å². The van der Waals surface area contributed by atoms with Gasteiger partial charge in [-0.05, 0) is 13.5 Å². The van der Waals surface area contributed by atoms with Gasteiger partial charge in [0.25, 0.3) is 0 Å². The third-order valence-corrected chi connectivity index (χ3v) is 4.03. The SMILES string of the molecule is CCN(CC(C)C(N)=S)C(C)C(=O)N1CCOCC1. The van der Waals surface area contributed by atoms with Crippen LogP contribution in [0.4, 0.5) is 0 Å². The Balaban J connectivity index is 2.58. The summed E-state index contributed by atoms with van der Waals surface area (Å²) >= 11 is 5.00. The molecular formula is C13H25N3O2S. The summed E-state index contributed by atoms with van der Waals surface area (Å²) in [6, 6.07) is -0.139. The molecule has 6 heteroatoms. The van der Waals surface area contributed by atoms with Crippen LogP contribution in [0.1, 0.15) is 20.8 Å². The molecule has 0 saturated carbocycles. The van der Waals surface area contributed by atoms with E-state index in [0.29, 0.717) is 31.3 Å². The van der Waals surface area contributed by atoms with Gasteiger partial charge in [-0.25, -0.2) is 0 Å². The molecule has 1 fully saturated rings. The van der Waals surface area contributed by atoms with Crippen molar-refractivity contribution in [2.45, 2.75) is 26.8 Å². The Bertz CT molecular complexity index is 319. The molecule has 1 amide bonds. The average Bonchev–Trinajstić information content (AvgIpc) is 2.43. The molecule has 0 radical (unpaired) electrons. The van der Waals surface area contributed by atoms with Gasteiger partial charge in [-0.2, -0.15) is 0 Å². The summed E-state index contributed by atoms with van der Waals surface area (Å²) < 4.78 is 5.27. The Morgan fingerprint density at radius 1 is 1.42 bits per heavy atom. The number of amides is 1. The Morgan fingerprint density at radius 3 is 2.47 bits per heavy atom. The molecule has 2 unspecified atom stereocenters. The number of nitrogens with two attached hydrogens (primary N) is 1. The summed E-state index contributed by atoms with van der Waals surface area (Å²) in [5.41, 5.74) is 5.65. The van der Waals surface area contributed by atoms with Crippen molar-refractivity contribution in [1.82, 2.24) is 9.80 Å². The van der Waals surface area contributed by atoms with Gasteiger partial charge in [0.15, 0.2) is 0 Å². The Labute approximate surface area is 121 Å². The molecular weight excluding hydrogens is 262 g/mol. The second kappa shape index (κ2) is 7.77. The molecule has 19 heavy (non-hydrogen) atoms. The molecule has 5 nitrogen and oxygen atoms in total. The fraction of sp³-hybridized carbons (Fsp3) is 0.846. The zero-order valence-corrected chi connectivity index (χ0v) is 12.9. The van der Waals surface area contributed by atoms with Crippen molar-refractivity contribution in [1.29, 1.82) is 0 Å². The lowest BCUT2D eigenvalue weighted by Crippen LogP contribution is -2.51. The summed E-state index contributed by atoms with van der Waals surface area (Å²) in [4.78, 5) is 16.9. The highest BCUT2D eigenvalue weighted by molar-refractivity contribution is 7.80. The fourth-order valence-electron chi connectivity index (χ4n) is 2.21. The summed E-state index contributed by atoms with van der Waals surface area (Å²) in [5, 5.41) is 0. The van der Waals surface area contributed by atoms with Gasteiger partial charge < -0.3 is 15.4 Å². The summed E-state index contributed by atoms with van der Waals surface area (Å²) in [5.74, 6) is 0.287. The highest BCUT2D eigenvalue weighted by atomic mass is 32.1. The van der Waals surface area contributed by atoms with Gasteiger partial charge in [-0.1, -0.05) is 26.1 Å². The quantitative estimate of drug-likeness (QED) is 0.720. The van der Waals surface area contributed by atoms with Gasteiger partial charge in [0.1, 0.15) is 0 Å². The molecule has 0 aromatic rings. The minimum absolute atomic E-state index is 0.120. The Kier molecular flexibility index (Phi) is 6.68. The largest absolute Gasteiger partial charge is 0.393 e. The predicted octanol–water partition coefficient (Wildman–Crippen LogP) is 0.478. The number of nitrogens with zero attached hydrogens (tertiary/aromatic N) is 2. The van der Waals surface area contributed by atoms with Crippen LogP contribution in [0.25, 0.3) is 0 Å². The van der Waals surface area contributed by atoms with Crippen LogP contribution in [0.5, 0.6) is 0 Å². The maximum atomic E-state index is 12.4.